The van der Waals surface area contributed by atoms with Crippen molar-refractivity contribution in [3.63, 3.8) is 0 Å². The molecule has 122 valence electrons. The average Bonchev–Trinajstić information content (AvgIpc) is 2.97. The van der Waals surface area contributed by atoms with Crippen LogP contribution in [0.1, 0.15) is 36.0 Å². The lowest BCUT2D eigenvalue weighted by Crippen LogP contribution is -2.39. The van der Waals surface area contributed by atoms with E-state index >= 15 is 0 Å². The van der Waals surface area contributed by atoms with E-state index in [4.69, 9.17) is 0 Å². The number of rotatable bonds is 4. The lowest BCUT2D eigenvalue weighted by molar-refractivity contribution is 0.0978. The van der Waals surface area contributed by atoms with Gasteiger partial charge in [-0.3, -0.25) is 4.79 Å². The fourth-order valence-electron chi connectivity index (χ4n) is 2.84. The SMILES string of the molecule is O=C(N[S+]([O-])C1(O)CC1)c1cnn2ccc(N3CCCC3)cc12. The highest BCUT2D eigenvalue weighted by molar-refractivity contribution is 7.91. The van der Waals surface area contributed by atoms with Crippen LogP contribution in [0.3, 0.4) is 0 Å². The number of nitrogens with zero attached hydrogens (tertiary/aromatic N) is 3. The third-order valence-electron chi connectivity index (χ3n) is 4.43. The first-order chi connectivity index (χ1) is 11.1. The molecule has 23 heavy (non-hydrogen) atoms. The molecule has 2 aromatic heterocycles. The van der Waals surface area contributed by atoms with Crippen LogP contribution in [0.2, 0.25) is 0 Å². The minimum Gasteiger partial charge on any atom is -0.591 e. The molecule has 0 spiro atoms. The van der Waals surface area contributed by atoms with Gasteiger partial charge in [0.25, 0.3) is 5.91 Å². The first-order valence-electron chi connectivity index (χ1n) is 7.74. The lowest BCUT2D eigenvalue weighted by atomic mass is 10.2. The van der Waals surface area contributed by atoms with Crippen LogP contribution in [0, 0.1) is 0 Å². The zero-order valence-electron chi connectivity index (χ0n) is 12.6. The van der Waals surface area contributed by atoms with Crippen LogP contribution in [0.5, 0.6) is 0 Å². The highest BCUT2D eigenvalue weighted by atomic mass is 32.2. The molecule has 2 N–H and O–H groups in total. The highest BCUT2D eigenvalue weighted by Crippen LogP contribution is 2.39. The van der Waals surface area contributed by atoms with Gasteiger partial charge in [-0.1, -0.05) is 0 Å². The Hall–Kier alpha value is -1.77. The van der Waals surface area contributed by atoms with Gasteiger partial charge in [0.2, 0.25) is 4.93 Å². The van der Waals surface area contributed by atoms with Crippen molar-refractivity contribution in [2.24, 2.45) is 0 Å². The molecule has 2 aromatic rings. The third-order valence-corrected chi connectivity index (χ3v) is 5.90. The maximum atomic E-state index is 12.4. The number of pyridine rings is 1. The van der Waals surface area contributed by atoms with Gasteiger partial charge in [-0.05, 0) is 25.0 Å². The van der Waals surface area contributed by atoms with E-state index in [1.165, 1.54) is 19.0 Å². The van der Waals surface area contributed by atoms with Gasteiger partial charge in [0.05, 0.1) is 17.3 Å². The molecule has 2 fully saturated rings. The molecule has 0 radical (unpaired) electrons. The number of hydrogen-bond acceptors (Lipinski definition) is 5. The summed E-state index contributed by atoms with van der Waals surface area (Å²) in [5, 5.41) is 14.0. The van der Waals surface area contributed by atoms with Gasteiger partial charge in [-0.2, -0.15) is 9.82 Å². The molecule has 1 aliphatic carbocycles. The number of carbonyl (C=O) groups is 1. The molecule has 3 heterocycles. The standard InChI is InChI=1S/C15H18N4O3S/c20-14(17-23(22)15(21)4-5-15)12-10-16-19-8-3-11(9-13(12)19)18-6-1-2-7-18/h3,8-10,21H,1-2,4-7H2,(H,17,20). The molecule has 1 unspecified atom stereocenters. The van der Waals surface area contributed by atoms with E-state index in [1.807, 2.05) is 18.3 Å². The second-order valence-electron chi connectivity index (χ2n) is 6.11. The summed E-state index contributed by atoms with van der Waals surface area (Å²) in [6, 6.07) is 3.92. The highest BCUT2D eigenvalue weighted by Gasteiger charge is 2.54. The van der Waals surface area contributed by atoms with E-state index in [0.717, 1.165) is 18.8 Å². The summed E-state index contributed by atoms with van der Waals surface area (Å²) in [7, 11) is 0. The van der Waals surface area contributed by atoms with E-state index in [0.29, 0.717) is 23.9 Å². The molecule has 2 aliphatic rings. The normalized spacial score (nSPS) is 20.7. The number of fused-ring (bicyclic) bond motifs is 1. The van der Waals surface area contributed by atoms with Crippen molar-refractivity contribution in [3.8, 4) is 0 Å². The largest absolute Gasteiger partial charge is 0.591 e. The summed E-state index contributed by atoms with van der Waals surface area (Å²) in [5.74, 6) is -0.475. The first-order valence-corrected chi connectivity index (χ1v) is 8.89. The molecule has 8 heteroatoms. The molecule has 1 saturated carbocycles. The topological polar surface area (TPSA) is 92.9 Å². The molecule has 1 atom stereocenters. The monoisotopic (exact) mass is 334 g/mol. The van der Waals surface area contributed by atoms with Crippen LogP contribution in [0.15, 0.2) is 24.5 Å². The summed E-state index contributed by atoms with van der Waals surface area (Å²) >= 11 is -1.78. The maximum Gasteiger partial charge on any atom is 0.296 e. The van der Waals surface area contributed by atoms with E-state index in [1.54, 1.807) is 4.52 Å². The molecular weight excluding hydrogens is 316 g/mol. The molecule has 0 bridgehead atoms. The fraction of sp³-hybridized carbons (Fsp3) is 0.467. The molecule has 4 rings (SSSR count). The summed E-state index contributed by atoms with van der Waals surface area (Å²) in [5.41, 5.74) is 2.10. The number of carbonyl (C=O) groups excluding carboxylic acids is 1. The van der Waals surface area contributed by atoms with Crippen LogP contribution in [-0.4, -0.2) is 43.2 Å². The Labute approximate surface area is 136 Å². The number of amides is 1. The van der Waals surface area contributed by atoms with Gasteiger partial charge in [0.15, 0.2) is 0 Å². The Balaban J connectivity index is 1.61. The molecule has 1 amide bonds. The van der Waals surface area contributed by atoms with Crippen molar-refractivity contribution in [1.29, 1.82) is 0 Å². The van der Waals surface area contributed by atoms with E-state index < -0.39 is 22.2 Å². The molecule has 1 saturated heterocycles. The zero-order chi connectivity index (χ0) is 16.0. The summed E-state index contributed by atoms with van der Waals surface area (Å²) in [6.07, 6.45) is 6.55. The van der Waals surface area contributed by atoms with Crippen molar-refractivity contribution >= 4 is 28.5 Å². The van der Waals surface area contributed by atoms with E-state index in [-0.39, 0.29) is 0 Å². The van der Waals surface area contributed by atoms with Gasteiger partial charge in [-0.15, -0.1) is 0 Å². The Morgan fingerprint density at radius 3 is 2.83 bits per heavy atom. The molecule has 0 aromatic carbocycles. The van der Waals surface area contributed by atoms with Crippen LogP contribution >= 0.6 is 0 Å². The van der Waals surface area contributed by atoms with Crippen molar-refractivity contribution in [1.82, 2.24) is 14.3 Å². The third kappa shape index (κ3) is 2.66. The fourth-order valence-corrected chi connectivity index (χ4v) is 3.78. The summed E-state index contributed by atoms with van der Waals surface area (Å²) in [6.45, 7) is 2.03. The minimum atomic E-state index is -1.78. The Kier molecular flexibility index (Phi) is 3.47. The number of aliphatic hydroxyl groups is 1. The van der Waals surface area contributed by atoms with Gasteiger partial charge in [0, 0.05) is 37.8 Å². The van der Waals surface area contributed by atoms with Crippen LogP contribution < -0.4 is 9.62 Å². The van der Waals surface area contributed by atoms with Crippen molar-refractivity contribution in [3.05, 3.63) is 30.1 Å². The second kappa shape index (κ2) is 5.40. The van der Waals surface area contributed by atoms with Crippen molar-refractivity contribution in [2.45, 2.75) is 30.6 Å². The second-order valence-corrected chi connectivity index (χ2v) is 7.61. The smallest absolute Gasteiger partial charge is 0.296 e. The molecular formula is C15H18N4O3S. The summed E-state index contributed by atoms with van der Waals surface area (Å²) < 4.78 is 15.9. The van der Waals surface area contributed by atoms with Crippen molar-refractivity contribution < 1.29 is 14.5 Å². The van der Waals surface area contributed by atoms with Gasteiger partial charge in [-0.25, -0.2) is 4.52 Å². The zero-order valence-corrected chi connectivity index (χ0v) is 13.4. The Morgan fingerprint density at radius 1 is 1.39 bits per heavy atom. The van der Waals surface area contributed by atoms with E-state index in [9.17, 15) is 14.5 Å². The Morgan fingerprint density at radius 2 is 2.13 bits per heavy atom. The van der Waals surface area contributed by atoms with Gasteiger partial charge in [0.1, 0.15) is 11.4 Å². The lowest BCUT2D eigenvalue weighted by Gasteiger charge is -2.18. The quantitative estimate of drug-likeness (QED) is 0.807. The van der Waals surface area contributed by atoms with Crippen LogP contribution in [0.4, 0.5) is 5.69 Å². The van der Waals surface area contributed by atoms with Crippen LogP contribution in [0.25, 0.3) is 5.52 Å². The first kappa shape index (κ1) is 14.8. The van der Waals surface area contributed by atoms with E-state index in [2.05, 4.69) is 14.7 Å². The number of anilines is 1. The maximum absolute atomic E-state index is 12.4. The Bertz CT molecular complexity index is 752. The average molecular weight is 334 g/mol. The van der Waals surface area contributed by atoms with Gasteiger partial charge < -0.3 is 14.6 Å². The van der Waals surface area contributed by atoms with Crippen LogP contribution in [-0.2, 0) is 11.4 Å². The number of nitrogens with one attached hydrogen (secondary N) is 1. The minimum absolute atomic E-state index is 0.364. The number of aromatic nitrogens is 2. The number of hydrogen-bond donors (Lipinski definition) is 2. The predicted octanol–water partition coefficient (Wildman–Crippen LogP) is 0.810. The summed E-state index contributed by atoms with van der Waals surface area (Å²) in [4.78, 5) is 13.4. The van der Waals surface area contributed by atoms with Gasteiger partial charge >= 0.3 is 0 Å². The van der Waals surface area contributed by atoms with Crippen molar-refractivity contribution in [2.75, 3.05) is 18.0 Å². The molecule has 1 aliphatic heterocycles. The molecule has 7 nitrogen and oxygen atoms in total. The predicted molar refractivity (Wildman–Crippen MR) is 86.4 cm³/mol.